The Hall–Kier alpha value is -2.24. The third-order valence-corrected chi connectivity index (χ3v) is 4.34. The molecule has 0 unspecified atom stereocenters. The van der Waals surface area contributed by atoms with Gasteiger partial charge in [-0.1, -0.05) is 25.3 Å². The van der Waals surface area contributed by atoms with Crippen LogP contribution in [0.2, 0.25) is 0 Å². The molecule has 1 aromatic carbocycles. The van der Waals surface area contributed by atoms with Gasteiger partial charge in [-0.05, 0) is 30.5 Å². The van der Waals surface area contributed by atoms with E-state index in [1.807, 2.05) is 12.1 Å². The van der Waals surface area contributed by atoms with Crippen LogP contribution in [0.25, 0.3) is 0 Å². The van der Waals surface area contributed by atoms with Crippen LogP contribution in [0.3, 0.4) is 0 Å². The molecule has 1 aliphatic rings. The number of hydrogen-bond acceptors (Lipinski definition) is 4. The van der Waals surface area contributed by atoms with Gasteiger partial charge < -0.3 is 20.1 Å². The predicted octanol–water partition coefficient (Wildman–Crippen LogP) is 2.02. The minimum atomic E-state index is -0.200. The van der Waals surface area contributed by atoms with Crippen LogP contribution < -0.4 is 20.1 Å². The van der Waals surface area contributed by atoms with Gasteiger partial charge in [-0.2, -0.15) is 0 Å². The molecule has 24 heavy (non-hydrogen) atoms. The minimum Gasteiger partial charge on any atom is -0.493 e. The molecule has 0 saturated heterocycles. The highest BCUT2D eigenvalue weighted by Crippen LogP contribution is 2.27. The lowest BCUT2D eigenvalue weighted by atomic mass is 9.89. The van der Waals surface area contributed by atoms with E-state index in [0.29, 0.717) is 18.0 Å². The smallest absolute Gasteiger partial charge is 0.239 e. The molecule has 0 heterocycles. The molecule has 6 nitrogen and oxygen atoms in total. The molecule has 1 aliphatic carbocycles. The first-order chi connectivity index (χ1) is 11.6. The number of ether oxygens (including phenoxy) is 2. The molecular weight excluding hydrogens is 308 g/mol. The van der Waals surface area contributed by atoms with Gasteiger partial charge in [0.05, 0.1) is 20.8 Å². The van der Waals surface area contributed by atoms with E-state index in [9.17, 15) is 9.59 Å². The molecule has 0 spiro atoms. The van der Waals surface area contributed by atoms with Gasteiger partial charge in [-0.3, -0.25) is 9.59 Å². The third-order valence-electron chi connectivity index (χ3n) is 4.34. The average Bonchev–Trinajstić information content (AvgIpc) is 2.64. The van der Waals surface area contributed by atoms with E-state index in [0.717, 1.165) is 31.2 Å². The average molecular weight is 334 g/mol. The highest BCUT2D eigenvalue weighted by Gasteiger charge is 2.21. The normalized spacial score (nSPS) is 14.8. The van der Waals surface area contributed by atoms with Crippen molar-refractivity contribution in [1.82, 2.24) is 10.6 Å². The van der Waals surface area contributed by atoms with E-state index in [-0.39, 0.29) is 24.3 Å². The minimum absolute atomic E-state index is 0.00373. The van der Waals surface area contributed by atoms with Gasteiger partial charge in [0.15, 0.2) is 11.5 Å². The van der Waals surface area contributed by atoms with Crippen molar-refractivity contribution in [2.45, 2.75) is 38.6 Å². The Labute approximate surface area is 142 Å². The zero-order valence-electron chi connectivity index (χ0n) is 14.4. The highest BCUT2D eigenvalue weighted by molar-refractivity contribution is 5.85. The fourth-order valence-corrected chi connectivity index (χ4v) is 2.93. The summed E-state index contributed by atoms with van der Waals surface area (Å²) in [5, 5.41) is 5.53. The fourth-order valence-electron chi connectivity index (χ4n) is 2.93. The van der Waals surface area contributed by atoms with Crippen molar-refractivity contribution < 1.29 is 19.1 Å². The van der Waals surface area contributed by atoms with Crippen molar-refractivity contribution >= 4 is 11.8 Å². The molecule has 0 bridgehead atoms. The first kappa shape index (κ1) is 18.1. The number of hydrogen-bond donors (Lipinski definition) is 2. The van der Waals surface area contributed by atoms with Crippen molar-refractivity contribution in [3.8, 4) is 11.5 Å². The van der Waals surface area contributed by atoms with Crippen LogP contribution in [0.15, 0.2) is 18.2 Å². The Morgan fingerprint density at radius 1 is 1.04 bits per heavy atom. The lowest BCUT2D eigenvalue weighted by Gasteiger charge is -2.20. The Bertz CT molecular complexity index is 568. The second-order valence-electron chi connectivity index (χ2n) is 6.02. The van der Waals surface area contributed by atoms with Crippen LogP contribution in [0, 0.1) is 5.92 Å². The topological polar surface area (TPSA) is 76.7 Å². The first-order valence-electron chi connectivity index (χ1n) is 8.39. The van der Waals surface area contributed by atoms with Gasteiger partial charge in [0.2, 0.25) is 11.8 Å². The zero-order valence-corrected chi connectivity index (χ0v) is 14.4. The Balaban J connectivity index is 1.75. The number of carbonyl (C=O) groups is 2. The summed E-state index contributed by atoms with van der Waals surface area (Å²) in [5.74, 6) is 1.13. The van der Waals surface area contributed by atoms with Crippen LogP contribution in [0.5, 0.6) is 11.5 Å². The van der Waals surface area contributed by atoms with Gasteiger partial charge in [0.1, 0.15) is 0 Å². The summed E-state index contributed by atoms with van der Waals surface area (Å²) < 4.78 is 10.4. The predicted molar refractivity (Wildman–Crippen MR) is 91.0 cm³/mol. The molecule has 0 aromatic heterocycles. The highest BCUT2D eigenvalue weighted by atomic mass is 16.5. The molecule has 2 amide bonds. The van der Waals surface area contributed by atoms with Gasteiger partial charge in [-0.25, -0.2) is 0 Å². The van der Waals surface area contributed by atoms with Crippen LogP contribution in [0.4, 0.5) is 0 Å². The SMILES string of the molecule is COc1ccc(CNC(=O)CNC(=O)C2CCCCC2)cc1OC. The Kier molecular flexibility index (Phi) is 6.90. The second-order valence-corrected chi connectivity index (χ2v) is 6.02. The van der Waals surface area contributed by atoms with Gasteiger partial charge in [0, 0.05) is 12.5 Å². The molecule has 0 atom stereocenters. The maximum atomic E-state index is 12.0. The number of nitrogens with one attached hydrogen (secondary N) is 2. The maximum absolute atomic E-state index is 12.0. The molecule has 2 rings (SSSR count). The number of rotatable bonds is 7. The quantitative estimate of drug-likeness (QED) is 0.800. The standard InChI is InChI=1S/C18H26N2O4/c1-23-15-9-8-13(10-16(15)24-2)11-19-17(21)12-20-18(22)14-6-4-3-5-7-14/h8-10,14H,3-7,11-12H2,1-2H3,(H,19,21)(H,20,22). The fraction of sp³-hybridized carbons (Fsp3) is 0.556. The number of amides is 2. The molecule has 2 N–H and O–H groups in total. The number of methoxy groups -OCH3 is 2. The van der Waals surface area contributed by atoms with Crippen LogP contribution >= 0.6 is 0 Å². The maximum Gasteiger partial charge on any atom is 0.239 e. The van der Waals surface area contributed by atoms with Gasteiger partial charge >= 0.3 is 0 Å². The second kappa shape index (κ2) is 9.15. The lowest BCUT2D eigenvalue weighted by molar-refractivity contribution is -0.129. The largest absolute Gasteiger partial charge is 0.493 e. The summed E-state index contributed by atoms with van der Waals surface area (Å²) in [6, 6.07) is 5.48. The van der Waals surface area contributed by atoms with E-state index in [1.165, 1.54) is 6.42 Å². The zero-order chi connectivity index (χ0) is 17.4. The summed E-state index contributed by atoms with van der Waals surface area (Å²) in [6.45, 7) is 0.390. The molecule has 0 aliphatic heterocycles. The summed E-state index contributed by atoms with van der Waals surface area (Å²) in [4.78, 5) is 23.9. The van der Waals surface area contributed by atoms with Crippen molar-refractivity contribution in [1.29, 1.82) is 0 Å². The van der Waals surface area contributed by atoms with Crippen molar-refractivity contribution in [2.24, 2.45) is 5.92 Å². The molecule has 132 valence electrons. The monoisotopic (exact) mass is 334 g/mol. The van der Waals surface area contributed by atoms with Crippen molar-refractivity contribution in [3.63, 3.8) is 0 Å². The summed E-state index contributed by atoms with van der Waals surface area (Å²) in [7, 11) is 3.15. The number of carbonyl (C=O) groups excluding carboxylic acids is 2. The molecule has 0 radical (unpaired) electrons. The Morgan fingerprint density at radius 3 is 2.42 bits per heavy atom. The van der Waals surface area contributed by atoms with Crippen LogP contribution in [-0.4, -0.2) is 32.6 Å². The van der Waals surface area contributed by atoms with E-state index in [2.05, 4.69) is 10.6 Å². The van der Waals surface area contributed by atoms with E-state index in [1.54, 1.807) is 20.3 Å². The summed E-state index contributed by atoms with van der Waals surface area (Å²) >= 11 is 0. The molecule has 1 saturated carbocycles. The molecule has 1 fully saturated rings. The van der Waals surface area contributed by atoms with Crippen molar-refractivity contribution in [2.75, 3.05) is 20.8 Å². The van der Waals surface area contributed by atoms with E-state index >= 15 is 0 Å². The number of benzene rings is 1. The van der Waals surface area contributed by atoms with E-state index < -0.39 is 0 Å². The van der Waals surface area contributed by atoms with Crippen LogP contribution in [0.1, 0.15) is 37.7 Å². The van der Waals surface area contributed by atoms with E-state index in [4.69, 9.17) is 9.47 Å². The summed E-state index contributed by atoms with van der Waals surface area (Å²) in [6.07, 6.45) is 5.26. The molecular formula is C18H26N2O4. The van der Waals surface area contributed by atoms with Gasteiger partial charge in [0.25, 0.3) is 0 Å². The van der Waals surface area contributed by atoms with Gasteiger partial charge in [-0.15, -0.1) is 0 Å². The van der Waals surface area contributed by atoms with Crippen molar-refractivity contribution in [3.05, 3.63) is 23.8 Å². The van der Waals surface area contributed by atoms with Crippen LogP contribution in [-0.2, 0) is 16.1 Å². The Morgan fingerprint density at radius 2 is 1.75 bits per heavy atom. The molecule has 1 aromatic rings. The lowest BCUT2D eigenvalue weighted by Crippen LogP contribution is -2.39. The first-order valence-corrected chi connectivity index (χ1v) is 8.39. The summed E-state index contributed by atoms with van der Waals surface area (Å²) in [5.41, 5.74) is 0.902. The third kappa shape index (κ3) is 5.15. The molecule has 6 heteroatoms.